The Balaban J connectivity index is 1.74. The van der Waals surface area contributed by atoms with Gasteiger partial charge < -0.3 is 20.7 Å². The number of ether oxygens (including phenoxy) is 1. The first-order valence-corrected chi connectivity index (χ1v) is 8.48. The molecule has 0 radical (unpaired) electrons. The van der Waals surface area contributed by atoms with Gasteiger partial charge in [0.05, 0.1) is 11.3 Å². The molecule has 7 heteroatoms. The van der Waals surface area contributed by atoms with E-state index in [-0.39, 0.29) is 17.7 Å². The molecule has 3 rings (SSSR count). The lowest BCUT2D eigenvalue weighted by molar-refractivity contribution is -0.0498. The summed E-state index contributed by atoms with van der Waals surface area (Å²) in [4.78, 5) is 14.6. The number of amides is 1. The maximum Gasteiger partial charge on any atom is 0.387 e. The van der Waals surface area contributed by atoms with Crippen molar-refractivity contribution in [1.29, 1.82) is 0 Å². The number of nitrogens with two attached hydrogens (primary N) is 1. The van der Waals surface area contributed by atoms with E-state index in [0.717, 1.165) is 12.8 Å². The minimum absolute atomic E-state index is 0.0438. The highest BCUT2D eigenvalue weighted by molar-refractivity contribution is 6.00. The molecule has 3 N–H and O–H groups in total. The molecule has 26 heavy (non-hydrogen) atoms. The van der Waals surface area contributed by atoms with E-state index in [2.05, 4.69) is 10.1 Å². The van der Waals surface area contributed by atoms with E-state index in [4.69, 9.17) is 5.73 Å². The van der Waals surface area contributed by atoms with Crippen LogP contribution in [-0.4, -0.2) is 36.5 Å². The second-order valence-corrected chi connectivity index (χ2v) is 6.20. The summed E-state index contributed by atoms with van der Waals surface area (Å²) in [5.74, 6) is 0.0391. The zero-order chi connectivity index (χ0) is 18.5. The van der Waals surface area contributed by atoms with Crippen LogP contribution < -0.4 is 15.8 Å². The predicted molar refractivity (Wildman–Crippen MR) is 95.9 cm³/mol. The third kappa shape index (κ3) is 4.49. The van der Waals surface area contributed by atoms with E-state index in [1.807, 2.05) is 23.1 Å². The van der Waals surface area contributed by atoms with E-state index in [0.29, 0.717) is 30.0 Å². The van der Waals surface area contributed by atoms with Crippen LogP contribution in [0.2, 0.25) is 0 Å². The van der Waals surface area contributed by atoms with Crippen molar-refractivity contribution in [3.05, 3.63) is 54.1 Å². The van der Waals surface area contributed by atoms with Crippen LogP contribution >= 0.6 is 0 Å². The number of hydrogen-bond acceptors (Lipinski definition) is 4. The van der Waals surface area contributed by atoms with E-state index in [9.17, 15) is 13.6 Å². The van der Waals surface area contributed by atoms with Crippen molar-refractivity contribution in [2.75, 3.05) is 18.4 Å². The number of nitrogens with zero attached hydrogens (tertiary/aromatic N) is 1. The largest absolute Gasteiger partial charge is 0.435 e. The number of alkyl halides is 2. The summed E-state index contributed by atoms with van der Waals surface area (Å²) < 4.78 is 28.8. The van der Waals surface area contributed by atoms with Crippen molar-refractivity contribution < 1.29 is 18.3 Å². The Kier molecular flexibility index (Phi) is 5.68. The van der Waals surface area contributed by atoms with Gasteiger partial charge in [0, 0.05) is 24.8 Å². The second kappa shape index (κ2) is 8.14. The minimum Gasteiger partial charge on any atom is -0.435 e. The highest BCUT2D eigenvalue weighted by Gasteiger charge is 2.23. The fourth-order valence-electron chi connectivity index (χ4n) is 2.93. The Hall–Kier alpha value is -2.67. The number of carbonyl (C=O) groups is 1. The first-order valence-electron chi connectivity index (χ1n) is 8.48. The third-order valence-corrected chi connectivity index (χ3v) is 4.34. The van der Waals surface area contributed by atoms with Crippen molar-refractivity contribution in [2.24, 2.45) is 5.73 Å². The average molecular weight is 361 g/mol. The molecule has 1 saturated heterocycles. The van der Waals surface area contributed by atoms with Crippen molar-refractivity contribution >= 4 is 17.3 Å². The third-order valence-electron chi connectivity index (χ3n) is 4.34. The molecule has 0 aromatic heterocycles. The first-order chi connectivity index (χ1) is 12.5. The quantitative estimate of drug-likeness (QED) is 0.854. The van der Waals surface area contributed by atoms with Gasteiger partial charge in [-0.05, 0) is 49.2 Å². The van der Waals surface area contributed by atoms with Gasteiger partial charge in [-0.2, -0.15) is 8.78 Å². The number of para-hydroxylation sites is 1. The summed E-state index contributed by atoms with van der Waals surface area (Å²) in [7, 11) is 0. The van der Waals surface area contributed by atoms with Crippen LogP contribution in [0.15, 0.2) is 48.5 Å². The minimum atomic E-state index is -2.86. The maximum absolute atomic E-state index is 12.8. The molecule has 138 valence electrons. The number of likely N-dealkylation sites (tertiary alicyclic amines) is 1. The molecule has 5 nitrogen and oxygen atoms in total. The van der Waals surface area contributed by atoms with Gasteiger partial charge in [0.1, 0.15) is 5.75 Å². The highest BCUT2D eigenvalue weighted by atomic mass is 19.3. The van der Waals surface area contributed by atoms with Gasteiger partial charge >= 0.3 is 6.61 Å². The standard InChI is InChI=1S/C19H21F2N3O2/c20-19(21)26-15-7-5-14(6-8-15)23-17-4-2-1-3-16(17)18(25)24-11-9-13(22)10-12-24/h1-8,13,19,23H,9-12,22H2. The molecule has 0 bridgehead atoms. The number of rotatable bonds is 5. The summed E-state index contributed by atoms with van der Waals surface area (Å²) in [6.07, 6.45) is 1.60. The molecule has 1 amide bonds. The summed E-state index contributed by atoms with van der Waals surface area (Å²) in [5.41, 5.74) is 7.80. The molecule has 2 aromatic carbocycles. The van der Waals surface area contributed by atoms with Gasteiger partial charge in [-0.25, -0.2) is 0 Å². The van der Waals surface area contributed by atoms with Crippen molar-refractivity contribution in [2.45, 2.75) is 25.5 Å². The number of nitrogens with one attached hydrogen (secondary N) is 1. The molecule has 0 atom stereocenters. The van der Waals surface area contributed by atoms with Crippen molar-refractivity contribution in [1.82, 2.24) is 4.90 Å². The smallest absolute Gasteiger partial charge is 0.387 e. The monoisotopic (exact) mass is 361 g/mol. The lowest BCUT2D eigenvalue weighted by atomic mass is 10.0. The van der Waals surface area contributed by atoms with Gasteiger partial charge in [0.25, 0.3) is 5.91 Å². The summed E-state index contributed by atoms with van der Waals surface area (Å²) in [6.45, 7) is -1.56. The Morgan fingerprint density at radius 3 is 2.42 bits per heavy atom. The predicted octanol–water partition coefficient (Wildman–Crippen LogP) is 3.59. The number of halogens is 2. The lowest BCUT2D eigenvalue weighted by Gasteiger charge is -2.30. The Bertz CT molecular complexity index is 745. The zero-order valence-corrected chi connectivity index (χ0v) is 14.2. The Morgan fingerprint density at radius 1 is 1.12 bits per heavy atom. The maximum atomic E-state index is 12.8. The molecule has 0 aliphatic carbocycles. The van der Waals surface area contributed by atoms with Crippen LogP contribution in [0.1, 0.15) is 23.2 Å². The van der Waals surface area contributed by atoms with Crippen molar-refractivity contribution in [3.8, 4) is 5.75 Å². The molecule has 1 heterocycles. The fourth-order valence-corrected chi connectivity index (χ4v) is 2.93. The molecular weight excluding hydrogens is 340 g/mol. The SMILES string of the molecule is NC1CCN(C(=O)c2ccccc2Nc2ccc(OC(F)F)cc2)CC1. The lowest BCUT2D eigenvalue weighted by Crippen LogP contribution is -2.43. The molecule has 1 aliphatic rings. The molecule has 1 fully saturated rings. The van der Waals surface area contributed by atoms with Crippen LogP contribution in [0, 0.1) is 0 Å². The molecule has 0 spiro atoms. The number of anilines is 2. The fraction of sp³-hybridized carbons (Fsp3) is 0.316. The second-order valence-electron chi connectivity index (χ2n) is 6.20. The highest BCUT2D eigenvalue weighted by Crippen LogP contribution is 2.25. The van der Waals surface area contributed by atoms with Gasteiger partial charge in [-0.15, -0.1) is 0 Å². The van der Waals surface area contributed by atoms with Gasteiger partial charge in [-0.3, -0.25) is 4.79 Å². The molecule has 0 saturated carbocycles. The molecule has 1 aliphatic heterocycles. The zero-order valence-electron chi connectivity index (χ0n) is 14.2. The van der Waals surface area contributed by atoms with Crippen LogP contribution in [0.3, 0.4) is 0 Å². The average Bonchev–Trinajstić information content (AvgIpc) is 2.63. The van der Waals surface area contributed by atoms with Crippen LogP contribution in [0.25, 0.3) is 0 Å². The Labute approximate surface area is 150 Å². The molecule has 0 unspecified atom stereocenters. The van der Waals surface area contributed by atoms with Gasteiger partial charge in [0.2, 0.25) is 0 Å². The summed E-state index contributed by atoms with van der Waals surface area (Å²) >= 11 is 0. The van der Waals surface area contributed by atoms with Crippen LogP contribution in [-0.2, 0) is 0 Å². The number of hydrogen-bond donors (Lipinski definition) is 2. The number of benzene rings is 2. The number of carbonyl (C=O) groups excluding carboxylic acids is 1. The Morgan fingerprint density at radius 2 is 1.77 bits per heavy atom. The van der Waals surface area contributed by atoms with E-state index >= 15 is 0 Å². The summed E-state index contributed by atoms with van der Waals surface area (Å²) in [6, 6.07) is 13.5. The van der Waals surface area contributed by atoms with Crippen LogP contribution in [0.5, 0.6) is 5.75 Å². The molecule has 2 aromatic rings. The number of piperidine rings is 1. The first kappa shape index (κ1) is 18.1. The van der Waals surface area contributed by atoms with E-state index in [1.54, 1.807) is 18.2 Å². The molecular formula is C19H21F2N3O2. The van der Waals surface area contributed by atoms with E-state index in [1.165, 1.54) is 12.1 Å². The topological polar surface area (TPSA) is 67.6 Å². The normalized spacial score (nSPS) is 15.2. The summed E-state index contributed by atoms with van der Waals surface area (Å²) in [5, 5.41) is 3.17. The van der Waals surface area contributed by atoms with Gasteiger partial charge in [0.15, 0.2) is 0 Å². The van der Waals surface area contributed by atoms with Crippen LogP contribution in [0.4, 0.5) is 20.2 Å². The van der Waals surface area contributed by atoms with Crippen molar-refractivity contribution in [3.63, 3.8) is 0 Å². The van der Waals surface area contributed by atoms with Gasteiger partial charge in [-0.1, -0.05) is 12.1 Å². The van der Waals surface area contributed by atoms with E-state index < -0.39 is 6.61 Å².